The number of aliphatic hydroxyl groups excluding tert-OH is 1. The van der Waals surface area contributed by atoms with Crippen LogP contribution in [0.25, 0.3) is 10.4 Å². The van der Waals surface area contributed by atoms with Crippen molar-refractivity contribution in [2.24, 2.45) is 23.2 Å². The normalized spacial score (nSPS) is 22.5. The lowest BCUT2D eigenvalue weighted by Gasteiger charge is -2.35. The van der Waals surface area contributed by atoms with E-state index >= 15 is 0 Å². The Morgan fingerprint density at radius 2 is 1.69 bits per heavy atom. The fraction of sp³-hybridized carbons (Fsp3) is 0.625. The number of aliphatic hydroxyl groups is 1. The number of fused-ring (bicyclic) bond motifs is 1. The van der Waals surface area contributed by atoms with E-state index in [9.17, 15) is 24.3 Å². The maximum absolute atomic E-state index is 13.9. The third-order valence-corrected chi connectivity index (χ3v) is 11.3. The van der Waals surface area contributed by atoms with E-state index in [0.29, 0.717) is 37.5 Å². The lowest BCUT2D eigenvalue weighted by molar-refractivity contribution is -0.144. The number of carbonyl (C=O) groups excluding carboxylic acids is 4. The fourth-order valence-electron chi connectivity index (χ4n) is 7.23. The molecular formula is C40H55N5O8S. The summed E-state index contributed by atoms with van der Waals surface area (Å²) >= 11 is 1.57. The molecule has 1 saturated carbocycles. The smallest absolute Gasteiger partial charge is 0.407 e. The number of thiazole rings is 1. The highest BCUT2D eigenvalue weighted by atomic mass is 32.1. The highest BCUT2D eigenvalue weighted by molar-refractivity contribution is 7.13. The molecule has 2 aromatic rings. The number of hydrogen-bond donors (Lipinski definition) is 4. The minimum Gasteiger partial charge on any atom is -0.449 e. The van der Waals surface area contributed by atoms with Gasteiger partial charge in [-0.1, -0.05) is 45.0 Å². The summed E-state index contributed by atoms with van der Waals surface area (Å²) in [6.07, 6.45) is 2.87. The molecule has 294 valence electrons. The molecule has 13 nitrogen and oxygen atoms in total. The number of nitrogens with one attached hydrogen (secondary N) is 3. The Labute approximate surface area is 322 Å². The van der Waals surface area contributed by atoms with Crippen LogP contribution in [-0.4, -0.2) is 103 Å². The van der Waals surface area contributed by atoms with E-state index in [0.717, 1.165) is 47.4 Å². The quantitative estimate of drug-likeness (QED) is 0.138. The summed E-state index contributed by atoms with van der Waals surface area (Å²) < 4.78 is 16.5. The molecule has 1 aromatic heterocycles. The SMILES string of the molecule is Cc1ncsc1-c1ccc(CNC(=O)[C@@H]2C[C@@H](O)CN2C(=O)[C@@H](NC(=O)CCOCCOCCNC(=O)OCC2[C@H]3CCC#CCC[C@@H]23)C(C)(C)C)cc1. The first-order valence-corrected chi connectivity index (χ1v) is 19.9. The molecule has 14 heteroatoms. The first-order chi connectivity index (χ1) is 25.9. The summed E-state index contributed by atoms with van der Waals surface area (Å²) in [7, 11) is 0. The minimum atomic E-state index is -0.923. The number of carbonyl (C=O) groups is 4. The average molecular weight is 766 g/mol. The molecule has 1 saturated heterocycles. The third-order valence-electron chi connectivity index (χ3n) is 10.3. The molecule has 1 aliphatic heterocycles. The van der Waals surface area contributed by atoms with Crippen LogP contribution in [0.3, 0.4) is 0 Å². The summed E-state index contributed by atoms with van der Waals surface area (Å²) in [5, 5.41) is 19.0. The van der Waals surface area contributed by atoms with Crippen molar-refractivity contribution < 1.29 is 38.5 Å². The number of likely N-dealkylation sites (tertiary alicyclic amines) is 1. The van der Waals surface area contributed by atoms with Gasteiger partial charge in [-0.3, -0.25) is 14.4 Å². The second-order valence-corrected chi connectivity index (χ2v) is 16.2. The van der Waals surface area contributed by atoms with Crippen LogP contribution in [0.1, 0.15) is 70.6 Å². The Morgan fingerprint density at radius 1 is 1.00 bits per heavy atom. The topological polar surface area (TPSA) is 168 Å². The number of β-amino-alcohol motifs (C(OH)–C–C–N with tert-alkyl or cyclic N) is 1. The Balaban J connectivity index is 0.963. The molecule has 0 bridgehead atoms. The lowest BCUT2D eigenvalue weighted by Crippen LogP contribution is -2.57. The van der Waals surface area contributed by atoms with Gasteiger partial charge < -0.3 is 40.2 Å². The molecule has 0 spiro atoms. The molecule has 2 heterocycles. The van der Waals surface area contributed by atoms with E-state index in [1.54, 1.807) is 11.3 Å². The number of rotatable bonds is 17. The third kappa shape index (κ3) is 11.7. The van der Waals surface area contributed by atoms with Crippen LogP contribution in [-0.2, 0) is 35.1 Å². The molecule has 0 radical (unpaired) electrons. The fourth-order valence-corrected chi connectivity index (χ4v) is 8.04. The molecule has 4 amide bonds. The summed E-state index contributed by atoms with van der Waals surface area (Å²) in [6.45, 7) is 9.47. The lowest BCUT2D eigenvalue weighted by atomic mass is 9.85. The number of ether oxygens (including phenoxy) is 3. The number of hydrogen-bond acceptors (Lipinski definition) is 10. The monoisotopic (exact) mass is 765 g/mol. The average Bonchev–Trinajstić information content (AvgIpc) is 3.37. The van der Waals surface area contributed by atoms with Gasteiger partial charge in [0.15, 0.2) is 0 Å². The van der Waals surface area contributed by atoms with E-state index in [-0.39, 0.29) is 57.6 Å². The van der Waals surface area contributed by atoms with Crippen LogP contribution < -0.4 is 16.0 Å². The van der Waals surface area contributed by atoms with Crippen molar-refractivity contribution in [1.82, 2.24) is 25.8 Å². The van der Waals surface area contributed by atoms with Gasteiger partial charge in [-0.15, -0.1) is 23.2 Å². The van der Waals surface area contributed by atoms with E-state index in [4.69, 9.17) is 14.2 Å². The molecule has 2 fully saturated rings. The molecule has 6 atom stereocenters. The van der Waals surface area contributed by atoms with E-state index in [1.807, 2.05) is 57.5 Å². The molecule has 3 aliphatic rings. The van der Waals surface area contributed by atoms with Crippen LogP contribution in [0, 0.1) is 41.9 Å². The van der Waals surface area contributed by atoms with E-state index in [1.165, 1.54) is 4.90 Å². The van der Waals surface area contributed by atoms with Gasteiger partial charge in [0.25, 0.3) is 0 Å². The largest absolute Gasteiger partial charge is 0.449 e. The number of aromatic nitrogens is 1. The van der Waals surface area contributed by atoms with Gasteiger partial charge in [-0.25, -0.2) is 9.78 Å². The Bertz CT molecular complexity index is 1630. The molecule has 5 rings (SSSR count). The van der Waals surface area contributed by atoms with Gasteiger partial charge >= 0.3 is 6.09 Å². The number of benzene rings is 1. The van der Waals surface area contributed by atoms with Crippen molar-refractivity contribution in [3.05, 3.63) is 41.0 Å². The minimum absolute atomic E-state index is 0.000419. The van der Waals surface area contributed by atoms with Crippen LogP contribution in [0.2, 0.25) is 0 Å². The van der Waals surface area contributed by atoms with Crippen molar-refractivity contribution in [3.8, 4) is 22.3 Å². The predicted molar refractivity (Wildman–Crippen MR) is 204 cm³/mol. The standard InChI is InChI=1S/C40H55N5O8S/c1-26-35(54-25-43-26)28-13-11-27(12-14-28)22-42-37(48)33-21-29(46)23-45(33)38(49)36(40(2,3)4)44-34(47)15-17-51-19-20-52-18-16-41-39(50)53-24-32-30-9-7-5-6-8-10-31(30)32/h11-14,25,29-33,36,46H,7-10,15-24H2,1-4H3,(H,41,50)(H,42,48)(H,44,47)/t29-,30-,31+,32?,33+,36-/m1/s1. The predicted octanol–water partition coefficient (Wildman–Crippen LogP) is 3.82. The van der Waals surface area contributed by atoms with E-state index < -0.39 is 35.6 Å². The summed E-state index contributed by atoms with van der Waals surface area (Å²) in [6, 6.07) is 6.08. The Hall–Kier alpha value is -4.03. The maximum atomic E-state index is 13.9. The van der Waals surface area contributed by atoms with Crippen molar-refractivity contribution in [3.63, 3.8) is 0 Å². The van der Waals surface area contributed by atoms with Gasteiger partial charge in [0.1, 0.15) is 12.1 Å². The maximum Gasteiger partial charge on any atom is 0.407 e. The Morgan fingerprint density at radius 3 is 2.33 bits per heavy atom. The number of amides is 4. The van der Waals surface area contributed by atoms with Crippen LogP contribution in [0.15, 0.2) is 29.8 Å². The molecular weight excluding hydrogens is 711 g/mol. The molecule has 2 aliphatic carbocycles. The second-order valence-electron chi connectivity index (χ2n) is 15.4. The summed E-state index contributed by atoms with van der Waals surface area (Å²) in [5.74, 6) is 6.93. The molecule has 4 N–H and O–H groups in total. The Kier molecular flexibility index (Phi) is 14.9. The number of aryl methyl sites for hydroxylation is 1. The van der Waals surface area contributed by atoms with Crippen LogP contribution >= 0.6 is 11.3 Å². The highest BCUT2D eigenvalue weighted by Crippen LogP contribution is 2.52. The molecule has 1 unspecified atom stereocenters. The second kappa shape index (κ2) is 19.5. The highest BCUT2D eigenvalue weighted by Gasteiger charge is 2.49. The van der Waals surface area contributed by atoms with Gasteiger partial charge in [-0.05, 0) is 54.1 Å². The van der Waals surface area contributed by atoms with Crippen molar-refractivity contribution in [1.29, 1.82) is 0 Å². The van der Waals surface area contributed by atoms with Gasteiger partial charge in [0, 0.05) is 45.3 Å². The zero-order valence-corrected chi connectivity index (χ0v) is 32.7. The van der Waals surface area contributed by atoms with Crippen molar-refractivity contribution in [2.45, 2.75) is 91.0 Å². The van der Waals surface area contributed by atoms with Crippen molar-refractivity contribution in [2.75, 3.05) is 46.1 Å². The zero-order chi connectivity index (χ0) is 38.7. The van der Waals surface area contributed by atoms with Crippen LogP contribution in [0.5, 0.6) is 0 Å². The number of alkyl carbamates (subject to hydrolysis) is 1. The van der Waals surface area contributed by atoms with Gasteiger partial charge in [-0.2, -0.15) is 0 Å². The number of nitrogens with zero attached hydrogens (tertiary/aromatic N) is 2. The molecule has 1 aromatic carbocycles. The van der Waals surface area contributed by atoms with E-state index in [2.05, 4.69) is 32.8 Å². The first-order valence-electron chi connectivity index (χ1n) is 19.0. The first kappa shape index (κ1) is 41.1. The molecule has 54 heavy (non-hydrogen) atoms. The van der Waals surface area contributed by atoms with Crippen molar-refractivity contribution >= 4 is 35.2 Å². The summed E-state index contributed by atoms with van der Waals surface area (Å²) in [4.78, 5) is 59.0. The van der Waals surface area contributed by atoms with Gasteiger partial charge in [0.05, 0.1) is 55.2 Å². The zero-order valence-electron chi connectivity index (χ0n) is 31.9. The summed E-state index contributed by atoms with van der Waals surface area (Å²) in [5.41, 5.74) is 4.07. The van der Waals surface area contributed by atoms with Crippen LogP contribution in [0.4, 0.5) is 4.79 Å². The van der Waals surface area contributed by atoms with Gasteiger partial charge in [0.2, 0.25) is 17.7 Å².